The first-order chi connectivity index (χ1) is 14.9. The Kier molecular flexibility index (Phi) is 1.26. The number of aliphatic hydroxyl groups is 1. The van der Waals surface area contributed by atoms with Crippen molar-refractivity contribution in [3.8, 4) is 11.5 Å². The molecular weight excluding hydrogens is 294 g/mol. The molecule has 0 radical (unpaired) electrons. The van der Waals surface area contributed by atoms with Gasteiger partial charge in [-0.05, 0) is 44.4 Å². The average molecular weight is 325 g/mol. The van der Waals surface area contributed by atoms with E-state index in [1.807, 2.05) is 0 Å². The molecule has 1 spiro atoms. The van der Waals surface area contributed by atoms with Crippen molar-refractivity contribution in [3.05, 3.63) is 23.2 Å². The van der Waals surface area contributed by atoms with Crippen molar-refractivity contribution in [2.45, 2.75) is 48.8 Å². The second kappa shape index (κ2) is 4.08. The fourth-order valence-corrected chi connectivity index (χ4v) is 4.75. The third-order valence-corrected chi connectivity index (χ3v) is 5.71. The van der Waals surface area contributed by atoms with Crippen LogP contribution in [0.3, 0.4) is 0 Å². The highest BCUT2D eigenvalue weighted by atomic mass is 16.5. The smallest absolute Gasteiger partial charge is 0.174 e. The minimum absolute atomic E-state index is 0.00127. The molecule has 1 N–H and O–H groups in total. The molecule has 5 nitrogen and oxygen atoms in total. The fourth-order valence-electron chi connectivity index (χ4n) is 4.75. The predicted octanol–water partition coefficient (Wildman–Crippen LogP) is 1.05. The molecule has 1 saturated carbocycles. The Morgan fingerprint density at radius 2 is 2.48 bits per heavy atom. The first-order valence-electron chi connectivity index (χ1n) is 12.5. The highest BCUT2D eigenvalue weighted by molar-refractivity contribution is 5.90. The van der Waals surface area contributed by atoms with E-state index in [9.17, 15) is 11.3 Å². The van der Waals surface area contributed by atoms with Crippen molar-refractivity contribution >= 4 is 5.78 Å². The second-order valence-electron chi connectivity index (χ2n) is 6.51. The van der Waals surface area contributed by atoms with Gasteiger partial charge in [-0.2, -0.15) is 0 Å². The molecule has 5 heteroatoms. The van der Waals surface area contributed by atoms with Gasteiger partial charge < -0.3 is 19.5 Å². The van der Waals surface area contributed by atoms with Crippen molar-refractivity contribution in [3.63, 3.8) is 0 Å². The monoisotopic (exact) mass is 325 g/mol. The number of carbonyl (C=O) groups is 1. The molecule has 1 aromatic carbocycles. The summed E-state index contributed by atoms with van der Waals surface area (Å²) in [6.45, 7) is -3.06. The van der Waals surface area contributed by atoms with Gasteiger partial charge in [0.15, 0.2) is 23.4 Å². The molecule has 5 rings (SSSR count). The maximum Gasteiger partial charge on any atom is 0.174 e. The number of methoxy groups -OCH3 is 1. The summed E-state index contributed by atoms with van der Waals surface area (Å²) in [6.07, 6.45) is -3.93. The molecule has 4 aliphatic rings. The van der Waals surface area contributed by atoms with Crippen molar-refractivity contribution in [2.75, 3.05) is 20.6 Å². The Balaban J connectivity index is 1.90. The van der Waals surface area contributed by atoms with E-state index in [1.165, 1.54) is 0 Å². The van der Waals surface area contributed by atoms with Gasteiger partial charge >= 0.3 is 0 Å². The standard InChI is InChI=1S/C18H21NO4/c1-19-8-7-17-14-10-3-4-12(22-2)15(14)23-16(17)11(20)5-6-18(17,21)13(19)9-10/h3-4,13,16,21H,5-9H2,1-2H3/t13-,16?,17+,18-/m1/s1/i1D3,2D3,3D,4D,13D,16D. The van der Waals surface area contributed by atoms with E-state index in [4.69, 9.17) is 21.8 Å². The van der Waals surface area contributed by atoms with Gasteiger partial charge in [0.05, 0.1) is 27.6 Å². The number of hydrogen-bond acceptors (Lipinski definition) is 5. The number of ketones is 1. The van der Waals surface area contributed by atoms with Crippen LogP contribution < -0.4 is 9.47 Å². The largest absolute Gasteiger partial charge is 0.493 e. The topological polar surface area (TPSA) is 59.0 Å². The van der Waals surface area contributed by atoms with Crippen LogP contribution in [0.5, 0.6) is 11.5 Å². The molecule has 1 saturated heterocycles. The van der Waals surface area contributed by atoms with Crippen molar-refractivity contribution in [1.82, 2.24) is 4.90 Å². The lowest BCUT2D eigenvalue weighted by atomic mass is 9.49. The Morgan fingerprint density at radius 1 is 1.57 bits per heavy atom. The highest BCUT2D eigenvalue weighted by Crippen LogP contribution is 2.64. The van der Waals surface area contributed by atoms with Gasteiger partial charge in [0, 0.05) is 22.1 Å². The molecule has 2 aliphatic carbocycles. The van der Waals surface area contributed by atoms with E-state index in [0.717, 1.165) is 4.90 Å². The Morgan fingerprint density at radius 3 is 3.30 bits per heavy atom. The van der Waals surface area contributed by atoms with Crippen LogP contribution in [0.2, 0.25) is 0 Å². The third kappa shape index (κ3) is 1.32. The van der Waals surface area contributed by atoms with Crippen molar-refractivity contribution in [2.24, 2.45) is 0 Å². The quantitative estimate of drug-likeness (QED) is 0.836. The molecular formula is C18H21NO4. The van der Waals surface area contributed by atoms with Crippen LogP contribution in [0.25, 0.3) is 0 Å². The second-order valence-corrected chi connectivity index (χ2v) is 6.51. The number of rotatable bonds is 1. The van der Waals surface area contributed by atoms with Gasteiger partial charge in [0.1, 0.15) is 0 Å². The molecule has 2 fully saturated rings. The van der Waals surface area contributed by atoms with Crippen LogP contribution >= 0.6 is 0 Å². The van der Waals surface area contributed by atoms with E-state index in [0.29, 0.717) is 0 Å². The third-order valence-electron chi connectivity index (χ3n) is 5.71. The summed E-state index contributed by atoms with van der Waals surface area (Å²) in [5.41, 5.74) is -4.20. The molecule has 4 atom stereocenters. The molecule has 122 valence electrons. The van der Waals surface area contributed by atoms with Gasteiger partial charge in [0.25, 0.3) is 0 Å². The number of carbonyl (C=O) groups excluding carboxylic acids is 1. The van der Waals surface area contributed by atoms with E-state index >= 15 is 0 Å². The minimum atomic E-state index is -3.03. The maximum absolute atomic E-state index is 13.1. The normalized spacial score (nSPS) is 54.4. The molecule has 1 unspecified atom stereocenters. The van der Waals surface area contributed by atoms with Crippen molar-refractivity contribution < 1.29 is 33.1 Å². The molecule has 0 aromatic heterocycles. The summed E-state index contributed by atoms with van der Waals surface area (Å²) in [5, 5.41) is 12.1. The lowest BCUT2D eigenvalue weighted by molar-refractivity contribution is -0.185. The summed E-state index contributed by atoms with van der Waals surface area (Å²) >= 11 is 0. The van der Waals surface area contributed by atoms with E-state index in [1.54, 1.807) is 0 Å². The Labute approximate surface area is 149 Å². The van der Waals surface area contributed by atoms with Gasteiger partial charge in [0.2, 0.25) is 0 Å². The van der Waals surface area contributed by atoms with Crippen LogP contribution in [0, 0.1) is 0 Å². The predicted molar refractivity (Wildman–Crippen MR) is 83.0 cm³/mol. The summed E-state index contributed by atoms with van der Waals surface area (Å²) < 4.78 is 92.1. The lowest BCUT2D eigenvalue weighted by Crippen LogP contribution is -2.76. The zero-order valence-electron chi connectivity index (χ0n) is 22.2. The number of likely N-dealkylation sites (N-methyl/N-ethyl adjacent to an activating group) is 1. The average Bonchev–Trinajstić information content (AvgIpc) is 2.93. The van der Waals surface area contributed by atoms with Crippen LogP contribution in [0.4, 0.5) is 0 Å². The molecule has 23 heavy (non-hydrogen) atoms. The summed E-state index contributed by atoms with van der Waals surface area (Å²) in [4.78, 5) is 13.9. The van der Waals surface area contributed by atoms with Gasteiger partial charge in [-0.3, -0.25) is 4.79 Å². The summed E-state index contributed by atoms with van der Waals surface area (Å²) in [5.74, 6) is -1.74. The Bertz CT molecular complexity index is 1110. The van der Waals surface area contributed by atoms with E-state index < -0.39 is 67.2 Å². The lowest BCUT2D eigenvalue weighted by Gasteiger charge is -2.62. The zero-order chi connectivity index (χ0) is 24.6. The van der Waals surface area contributed by atoms with Crippen molar-refractivity contribution in [1.29, 1.82) is 0 Å². The SMILES string of the molecule is [2H]c1c([2H])c(OC([2H])([2H])[2H])c2c3c1C[C@@]1([2H])N(C([2H])([2H])[2H])CC[C@@]34C([2H])(O2)C(=O)CC[C@@]14O. The highest BCUT2D eigenvalue weighted by Gasteiger charge is 2.72. The summed E-state index contributed by atoms with van der Waals surface area (Å²) in [7, 11) is -3.03. The zero-order valence-corrected chi connectivity index (χ0v) is 12.2. The molecule has 1 aromatic rings. The molecule has 2 bridgehead atoms. The minimum Gasteiger partial charge on any atom is -0.493 e. The number of likely N-dealkylation sites (tertiary alicyclic amines) is 1. The molecule has 2 heterocycles. The number of nitrogens with zero attached hydrogens (tertiary/aromatic N) is 1. The maximum atomic E-state index is 13.1. The van der Waals surface area contributed by atoms with Gasteiger partial charge in [-0.15, -0.1) is 0 Å². The number of ether oxygens (including phenoxy) is 2. The van der Waals surface area contributed by atoms with Crippen LogP contribution in [0.15, 0.2) is 12.1 Å². The summed E-state index contributed by atoms with van der Waals surface area (Å²) in [6, 6.07) is -3.46. The number of Topliss-reactive ketones (excluding diaryl/α,β-unsaturated/α-hetero) is 1. The number of hydrogen-bond donors (Lipinski definition) is 1. The van der Waals surface area contributed by atoms with E-state index in [-0.39, 0.29) is 42.7 Å². The molecule has 2 aliphatic heterocycles. The van der Waals surface area contributed by atoms with Gasteiger partial charge in [-0.1, -0.05) is 6.04 Å². The van der Waals surface area contributed by atoms with Crippen LogP contribution in [-0.2, 0) is 16.6 Å². The van der Waals surface area contributed by atoms with Crippen LogP contribution in [-0.4, -0.2) is 54.0 Å². The van der Waals surface area contributed by atoms with Crippen LogP contribution in [0.1, 0.15) is 44.1 Å². The number of piperidine rings is 1. The Hall–Kier alpha value is -1.59. The molecule has 0 amide bonds. The first kappa shape index (κ1) is 7.11. The first-order valence-corrected chi connectivity index (χ1v) is 7.53. The van der Waals surface area contributed by atoms with Gasteiger partial charge in [-0.25, -0.2) is 0 Å². The van der Waals surface area contributed by atoms with E-state index in [2.05, 4.69) is 0 Å². The number of benzene rings is 1. The fraction of sp³-hybridized carbons (Fsp3) is 0.611.